The van der Waals surface area contributed by atoms with E-state index in [2.05, 4.69) is 22.5 Å². The Morgan fingerprint density at radius 2 is 2.00 bits per heavy atom. The average molecular weight is 527 g/mol. The van der Waals surface area contributed by atoms with Crippen molar-refractivity contribution in [3.63, 3.8) is 0 Å². The molecule has 8 nitrogen and oxygen atoms in total. The molecular formula is C24H35BrN2O6. The molecule has 3 aliphatic heterocycles. The minimum atomic E-state index is -1.22. The zero-order chi connectivity index (χ0) is 24.1. The van der Waals surface area contributed by atoms with Crippen molar-refractivity contribution in [1.82, 2.24) is 9.80 Å². The first-order chi connectivity index (χ1) is 15.7. The number of fused-ring (bicyclic) bond motifs is 1. The van der Waals surface area contributed by atoms with Gasteiger partial charge in [-0.05, 0) is 25.2 Å². The van der Waals surface area contributed by atoms with Gasteiger partial charge in [0.1, 0.15) is 11.6 Å². The van der Waals surface area contributed by atoms with Crippen molar-refractivity contribution in [2.75, 3.05) is 13.2 Å². The molecule has 0 radical (unpaired) electrons. The van der Waals surface area contributed by atoms with Crippen LogP contribution in [0.4, 0.5) is 0 Å². The van der Waals surface area contributed by atoms with Crippen LogP contribution in [-0.4, -0.2) is 85.6 Å². The van der Waals surface area contributed by atoms with Gasteiger partial charge in [-0.3, -0.25) is 14.4 Å². The number of amides is 2. The summed E-state index contributed by atoms with van der Waals surface area (Å²) in [5.41, 5.74) is -1.22. The number of carbonyl (C=O) groups excluding carboxylic acids is 2. The average Bonchev–Trinajstić information content (AvgIpc) is 3.36. The number of halogens is 1. The van der Waals surface area contributed by atoms with Gasteiger partial charge in [-0.15, -0.1) is 6.58 Å². The summed E-state index contributed by atoms with van der Waals surface area (Å²) in [7, 11) is 0. The maximum atomic E-state index is 14.3. The number of hydrogen-bond donors (Lipinski definition) is 2. The third kappa shape index (κ3) is 3.74. The van der Waals surface area contributed by atoms with Crippen LogP contribution in [0.5, 0.6) is 0 Å². The van der Waals surface area contributed by atoms with Gasteiger partial charge in [0, 0.05) is 17.4 Å². The number of aliphatic carboxylic acids is 1. The predicted octanol–water partition coefficient (Wildman–Crippen LogP) is 2.18. The number of carboxylic acid groups (broad SMARTS) is 1. The van der Waals surface area contributed by atoms with Crippen molar-refractivity contribution in [3.8, 4) is 0 Å². The van der Waals surface area contributed by atoms with Gasteiger partial charge in [0.2, 0.25) is 11.8 Å². The Bertz CT molecular complexity index is 815. The Kier molecular flexibility index (Phi) is 6.95. The summed E-state index contributed by atoms with van der Waals surface area (Å²) in [5, 5.41) is 20.2. The highest BCUT2D eigenvalue weighted by Crippen LogP contribution is 2.60. The first-order valence-corrected chi connectivity index (χ1v) is 13.0. The van der Waals surface area contributed by atoms with Crippen molar-refractivity contribution in [2.24, 2.45) is 17.8 Å². The Morgan fingerprint density at radius 1 is 1.33 bits per heavy atom. The minimum absolute atomic E-state index is 0.0527. The van der Waals surface area contributed by atoms with E-state index >= 15 is 0 Å². The lowest BCUT2D eigenvalue weighted by atomic mass is 9.70. The monoisotopic (exact) mass is 526 g/mol. The minimum Gasteiger partial charge on any atom is -0.481 e. The van der Waals surface area contributed by atoms with Crippen molar-refractivity contribution in [1.29, 1.82) is 0 Å². The van der Waals surface area contributed by atoms with Crippen LogP contribution in [0.15, 0.2) is 12.7 Å². The number of ether oxygens (including phenoxy) is 1. The largest absolute Gasteiger partial charge is 0.481 e. The summed E-state index contributed by atoms with van der Waals surface area (Å²) in [5.74, 6) is -3.77. The van der Waals surface area contributed by atoms with Gasteiger partial charge in [0.25, 0.3) is 0 Å². The molecule has 4 rings (SSSR count). The van der Waals surface area contributed by atoms with Crippen LogP contribution in [0, 0.1) is 17.8 Å². The summed E-state index contributed by atoms with van der Waals surface area (Å²) in [6.07, 6.45) is 6.44. The van der Waals surface area contributed by atoms with E-state index in [1.807, 2.05) is 18.7 Å². The number of carboxylic acids is 1. The van der Waals surface area contributed by atoms with Gasteiger partial charge in [-0.25, -0.2) is 0 Å². The lowest BCUT2D eigenvalue weighted by molar-refractivity contribution is -0.155. The molecule has 9 heteroatoms. The van der Waals surface area contributed by atoms with Gasteiger partial charge < -0.3 is 24.7 Å². The van der Waals surface area contributed by atoms with Crippen LogP contribution in [0.2, 0.25) is 0 Å². The maximum Gasteiger partial charge on any atom is 0.310 e. The lowest BCUT2D eigenvalue weighted by Gasteiger charge is -2.43. The fraction of sp³-hybridized carbons (Fsp3) is 0.792. The second-order valence-corrected chi connectivity index (χ2v) is 11.5. The zero-order valence-electron chi connectivity index (χ0n) is 19.4. The number of alkyl halides is 1. The normalized spacial score (nSPS) is 36.8. The second-order valence-electron chi connectivity index (χ2n) is 10.3. The fourth-order valence-corrected chi connectivity index (χ4v) is 7.66. The van der Waals surface area contributed by atoms with Crippen LogP contribution in [-0.2, 0) is 19.1 Å². The number of aliphatic hydroxyl groups excluding tert-OH is 1. The van der Waals surface area contributed by atoms with E-state index in [1.165, 1.54) is 4.90 Å². The molecule has 4 fully saturated rings. The molecule has 33 heavy (non-hydrogen) atoms. The van der Waals surface area contributed by atoms with Crippen molar-refractivity contribution >= 4 is 33.7 Å². The molecule has 0 aromatic carbocycles. The third-order valence-electron chi connectivity index (χ3n) is 8.18. The smallest absolute Gasteiger partial charge is 0.310 e. The molecule has 0 aromatic rings. The topological polar surface area (TPSA) is 107 Å². The van der Waals surface area contributed by atoms with Crippen LogP contribution in [0.25, 0.3) is 0 Å². The fourth-order valence-electron chi connectivity index (χ4n) is 6.71. The zero-order valence-corrected chi connectivity index (χ0v) is 20.9. The molecule has 7 atom stereocenters. The lowest BCUT2D eigenvalue weighted by Crippen LogP contribution is -2.61. The van der Waals surface area contributed by atoms with E-state index < -0.39 is 47.5 Å². The quantitative estimate of drug-likeness (QED) is 0.370. The molecule has 1 unspecified atom stereocenters. The molecule has 1 spiro atoms. The summed E-state index contributed by atoms with van der Waals surface area (Å²) in [6.45, 7) is 7.69. The highest BCUT2D eigenvalue weighted by atomic mass is 79.9. The predicted molar refractivity (Wildman–Crippen MR) is 125 cm³/mol. The SMILES string of the molecule is C=CCN(C(=O)[C@H]1N([C@@H](CO)C(C)C)C(=O)[C@@H]2[C@@H](C(=O)O)[C@@H]3O[C@@]21CC3Br)C1CCCCC1. The Labute approximate surface area is 203 Å². The Balaban J connectivity index is 1.81. The van der Waals surface area contributed by atoms with Crippen LogP contribution in [0.1, 0.15) is 52.4 Å². The number of carbonyl (C=O) groups is 3. The molecule has 1 saturated carbocycles. The Hall–Kier alpha value is -1.45. The molecule has 3 heterocycles. The molecule has 2 bridgehead atoms. The number of hydrogen-bond acceptors (Lipinski definition) is 5. The molecule has 184 valence electrons. The molecule has 4 aliphatic rings. The van der Waals surface area contributed by atoms with Crippen LogP contribution < -0.4 is 0 Å². The van der Waals surface area contributed by atoms with Gasteiger partial charge in [0.05, 0.1) is 30.6 Å². The summed E-state index contributed by atoms with van der Waals surface area (Å²) >= 11 is 3.57. The van der Waals surface area contributed by atoms with E-state index in [-0.39, 0.29) is 29.3 Å². The number of rotatable bonds is 8. The van der Waals surface area contributed by atoms with Gasteiger partial charge in [-0.2, -0.15) is 0 Å². The van der Waals surface area contributed by atoms with Crippen LogP contribution in [0.3, 0.4) is 0 Å². The van der Waals surface area contributed by atoms with E-state index in [1.54, 1.807) is 6.08 Å². The third-order valence-corrected chi connectivity index (χ3v) is 9.03. The number of nitrogens with zero attached hydrogens (tertiary/aromatic N) is 2. The van der Waals surface area contributed by atoms with Crippen molar-refractivity contribution in [3.05, 3.63) is 12.7 Å². The first kappa shape index (κ1) is 24.7. The highest BCUT2D eigenvalue weighted by molar-refractivity contribution is 9.09. The molecule has 2 amide bonds. The van der Waals surface area contributed by atoms with E-state index in [4.69, 9.17) is 4.74 Å². The maximum absolute atomic E-state index is 14.3. The van der Waals surface area contributed by atoms with E-state index in [0.717, 1.165) is 32.1 Å². The molecule has 1 aliphatic carbocycles. The Morgan fingerprint density at radius 3 is 2.55 bits per heavy atom. The van der Waals surface area contributed by atoms with Gasteiger partial charge >= 0.3 is 5.97 Å². The highest BCUT2D eigenvalue weighted by Gasteiger charge is 2.77. The summed E-state index contributed by atoms with van der Waals surface area (Å²) < 4.78 is 6.35. The summed E-state index contributed by atoms with van der Waals surface area (Å²) in [4.78, 5) is 43.4. The summed E-state index contributed by atoms with van der Waals surface area (Å²) in [6, 6.07) is -1.52. The van der Waals surface area contributed by atoms with E-state index in [9.17, 15) is 24.6 Å². The van der Waals surface area contributed by atoms with Gasteiger partial charge in [-0.1, -0.05) is 55.1 Å². The number of aliphatic hydroxyl groups is 1. The van der Waals surface area contributed by atoms with Crippen LogP contribution >= 0.6 is 15.9 Å². The second kappa shape index (κ2) is 9.30. The van der Waals surface area contributed by atoms with Crippen molar-refractivity contribution < 1.29 is 29.3 Å². The van der Waals surface area contributed by atoms with Crippen molar-refractivity contribution in [2.45, 2.75) is 87.0 Å². The molecule has 2 N–H and O–H groups in total. The molecule has 3 saturated heterocycles. The van der Waals surface area contributed by atoms with Gasteiger partial charge in [0.15, 0.2) is 0 Å². The first-order valence-electron chi connectivity index (χ1n) is 12.1. The van der Waals surface area contributed by atoms with E-state index in [0.29, 0.717) is 13.0 Å². The number of likely N-dealkylation sites (tertiary alicyclic amines) is 1. The standard InChI is InChI=1S/C24H35BrN2O6/c1-4-10-26(14-8-6-5-7-9-14)22(30)20-24-11-15(25)19(33-24)17(23(31)32)18(24)21(29)27(20)16(12-28)13(2)3/h4,13-20,28H,1,5-12H2,2-3H3,(H,31,32)/t15?,16-,17+,18-,19+,20+,24-/m0/s1. The molecular weight excluding hydrogens is 492 g/mol. The molecule has 0 aromatic heterocycles.